The van der Waals surface area contributed by atoms with Gasteiger partial charge >= 0.3 is 0 Å². The Labute approximate surface area is 102 Å². The maximum atomic E-state index is 11.8. The quantitative estimate of drug-likeness (QED) is 0.860. The second kappa shape index (κ2) is 5.44. The molecule has 0 bridgehead atoms. The molecule has 1 unspecified atom stereocenters. The molecule has 1 atom stereocenters. The van der Waals surface area contributed by atoms with Gasteiger partial charge in [0.1, 0.15) is 5.92 Å². The number of nitrogens with one attached hydrogen (secondary N) is 1. The minimum atomic E-state index is -0.656. The van der Waals surface area contributed by atoms with Crippen LogP contribution in [0.1, 0.15) is 26.3 Å². The summed E-state index contributed by atoms with van der Waals surface area (Å²) in [6, 6.07) is 5.67. The Morgan fingerprint density at radius 3 is 2.53 bits per heavy atom. The fourth-order valence-electron chi connectivity index (χ4n) is 1.41. The summed E-state index contributed by atoms with van der Waals surface area (Å²) < 4.78 is 0. The predicted octanol–water partition coefficient (Wildman–Crippen LogP) is 1.68. The first kappa shape index (κ1) is 13.2. The highest BCUT2D eigenvalue weighted by molar-refractivity contribution is 5.82. The summed E-state index contributed by atoms with van der Waals surface area (Å²) in [5, 5.41) is 11.8. The first-order chi connectivity index (χ1) is 7.92. The zero-order chi connectivity index (χ0) is 12.9. The molecule has 1 N–H and O–H groups in total. The maximum Gasteiger partial charge on any atom is 0.238 e. The number of nitriles is 1. The number of aromatic nitrogens is 1. The SMILES string of the molecule is CC(C)(C)NC(=O)C(C#N)Cc1ccncc1. The topological polar surface area (TPSA) is 65.8 Å². The average molecular weight is 231 g/mol. The molecular weight excluding hydrogens is 214 g/mol. The van der Waals surface area contributed by atoms with E-state index < -0.39 is 5.92 Å². The van der Waals surface area contributed by atoms with E-state index in [9.17, 15) is 4.79 Å². The Balaban J connectivity index is 2.68. The average Bonchev–Trinajstić information content (AvgIpc) is 2.24. The Bertz CT molecular complexity index is 415. The van der Waals surface area contributed by atoms with Gasteiger partial charge in [0.2, 0.25) is 5.91 Å². The molecule has 4 heteroatoms. The van der Waals surface area contributed by atoms with Gasteiger partial charge in [-0.2, -0.15) is 5.26 Å². The molecule has 0 aliphatic rings. The number of hydrogen-bond donors (Lipinski definition) is 1. The lowest BCUT2D eigenvalue weighted by molar-refractivity contribution is -0.124. The van der Waals surface area contributed by atoms with Crippen molar-refractivity contribution in [3.8, 4) is 6.07 Å². The Morgan fingerprint density at radius 1 is 1.47 bits per heavy atom. The predicted molar refractivity (Wildman–Crippen MR) is 64.9 cm³/mol. The lowest BCUT2D eigenvalue weighted by atomic mass is 9.99. The van der Waals surface area contributed by atoms with Crippen LogP contribution in [-0.4, -0.2) is 16.4 Å². The molecule has 0 saturated heterocycles. The summed E-state index contributed by atoms with van der Waals surface area (Å²) in [5.74, 6) is -0.881. The van der Waals surface area contributed by atoms with Crippen molar-refractivity contribution in [2.24, 2.45) is 5.92 Å². The second-order valence-electron chi connectivity index (χ2n) is 4.98. The van der Waals surface area contributed by atoms with Crippen molar-refractivity contribution < 1.29 is 4.79 Å². The molecule has 1 aromatic rings. The zero-order valence-corrected chi connectivity index (χ0v) is 10.4. The molecule has 90 valence electrons. The number of pyridine rings is 1. The van der Waals surface area contributed by atoms with Gasteiger partial charge in [-0.05, 0) is 44.9 Å². The third kappa shape index (κ3) is 4.64. The van der Waals surface area contributed by atoms with E-state index >= 15 is 0 Å². The van der Waals surface area contributed by atoms with E-state index in [1.807, 2.05) is 39.0 Å². The molecule has 17 heavy (non-hydrogen) atoms. The molecule has 0 aliphatic heterocycles. The van der Waals surface area contributed by atoms with Crippen LogP contribution >= 0.6 is 0 Å². The lowest BCUT2D eigenvalue weighted by Gasteiger charge is -2.22. The molecular formula is C13H17N3O. The van der Waals surface area contributed by atoms with E-state index in [0.717, 1.165) is 5.56 Å². The smallest absolute Gasteiger partial charge is 0.238 e. The van der Waals surface area contributed by atoms with Gasteiger partial charge in [-0.15, -0.1) is 0 Å². The van der Waals surface area contributed by atoms with Crippen LogP contribution in [-0.2, 0) is 11.2 Å². The minimum Gasteiger partial charge on any atom is -0.350 e. The zero-order valence-electron chi connectivity index (χ0n) is 10.4. The number of amides is 1. The highest BCUT2D eigenvalue weighted by Crippen LogP contribution is 2.09. The minimum absolute atomic E-state index is 0.225. The first-order valence-corrected chi connectivity index (χ1v) is 5.53. The second-order valence-corrected chi connectivity index (χ2v) is 4.98. The van der Waals surface area contributed by atoms with Gasteiger partial charge in [0.05, 0.1) is 6.07 Å². The molecule has 0 radical (unpaired) electrons. The van der Waals surface area contributed by atoms with Crippen LogP contribution in [0.4, 0.5) is 0 Å². The van der Waals surface area contributed by atoms with Gasteiger partial charge < -0.3 is 5.32 Å². The molecule has 0 fully saturated rings. The van der Waals surface area contributed by atoms with E-state index in [1.165, 1.54) is 0 Å². The van der Waals surface area contributed by atoms with E-state index in [-0.39, 0.29) is 11.4 Å². The van der Waals surface area contributed by atoms with Crippen LogP contribution in [0.3, 0.4) is 0 Å². The van der Waals surface area contributed by atoms with Crippen LogP contribution in [0.25, 0.3) is 0 Å². The number of carbonyl (C=O) groups excluding carboxylic acids is 1. The molecule has 0 spiro atoms. The van der Waals surface area contributed by atoms with Gasteiger partial charge in [-0.25, -0.2) is 0 Å². The molecule has 0 aromatic carbocycles. The summed E-state index contributed by atoms with van der Waals surface area (Å²) in [4.78, 5) is 15.7. The fraction of sp³-hybridized carbons (Fsp3) is 0.462. The number of nitrogens with zero attached hydrogens (tertiary/aromatic N) is 2. The summed E-state index contributed by atoms with van der Waals surface area (Å²) in [7, 11) is 0. The van der Waals surface area contributed by atoms with Crippen molar-refractivity contribution in [2.75, 3.05) is 0 Å². The Morgan fingerprint density at radius 2 is 2.06 bits per heavy atom. The summed E-state index contributed by atoms with van der Waals surface area (Å²) in [6.07, 6.45) is 3.73. The Hall–Kier alpha value is -1.89. The maximum absolute atomic E-state index is 11.8. The Kier molecular flexibility index (Phi) is 4.22. The van der Waals surface area contributed by atoms with Crippen LogP contribution < -0.4 is 5.32 Å². The van der Waals surface area contributed by atoms with Crippen LogP contribution in [0.5, 0.6) is 0 Å². The van der Waals surface area contributed by atoms with Crippen molar-refractivity contribution in [1.29, 1.82) is 5.26 Å². The third-order valence-electron chi connectivity index (χ3n) is 2.16. The van der Waals surface area contributed by atoms with E-state index in [2.05, 4.69) is 10.3 Å². The van der Waals surface area contributed by atoms with Gasteiger partial charge in [-0.3, -0.25) is 9.78 Å². The molecule has 1 rings (SSSR count). The van der Waals surface area contributed by atoms with E-state index in [4.69, 9.17) is 5.26 Å². The number of rotatable bonds is 3. The molecule has 0 aliphatic carbocycles. The van der Waals surface area contributed by atoms with Crippen LogP contribution in [0.15, 0.2) is 24.5 Å². The van der Waals surface area contributed by atoms with Gasteiger partial charge in [0, 0.05) is 17.9 Å². The number of hydrogen-bond acceptors (Lipinski definition) is 3. The highest BCUT2D eigenvalue weighted by atomic mass is 16.2. The molecule has 1 amide bonds. The highest BCUT2D eigenvalue weighted by Gasteiger charge is 2.22. The van der Waals surface area contributed by atoms with E-state index in [1.54, 1.807) is 12.4 Å². The fourth-order valence-corrected chi connectivity index (χ4v) is 1.41. The van der Waals surface area contributed by atoms with Crippen LogP contribution in [0.2, 0.25) is 0 Å². The van der Waals surface area contributed by atoms with E-state index in [0.29, 0.717) is 6.42 Å². The van der Waals surface area contributed by atoms with Crippen molar-refractivity contribution in [2.45, 2.75) is 32.7 Å². The normalized spacial score (nSPS) is 12.6. The van der Waals surface area contributed by atoms with Crippen molar-refractivity contribution in [1.82, 2.24) is 10.3 Å². The standard InChI is InChI=1S/C13H17N3O/c1-13(2,3)16-12(17)11(9-14)8-10-4-6-15-7-5-10/h4-7,11H,8H2,1-3H3,(H,16,17). The summed E-state index contributed by atoms with van der Waals surface area (Å²) >= 11 is 0. The van der Waals surface area contributed by atoms with Crippen molar-refractivity contribution in [3.05, 3.63) is 30.1 Å². The number of carbonyl (C=O) groups is 1. The molecule has 0 saturated carbocycles. The first-order valence-electron chi connectivity index (χ1n) is 5.53. The summed E-state index contributed by atoms with van der Waals surface area (Å²) in [5.41, 5.74) is 0.625. The van der Waals surface area contributed by atoms with Crippen molar-refractivity contribution in [3.63, 3.8) is 0 Å². The molecule has 1 aromatic heterocycles. The van der Waals surface area contributed by atoms with Gasteiger partial charge in [-0.1, -0.05) is 0 Å². The van der Waals surface area contributed by atoms with Crippen molar-refractivity contribution >= 4 is 5.91 Å². The van der Waals surface area contributed by atoms with Gasteiger partial charge in [0.15, 0.2) is 0 Å². The van der Waals surface area contributed by atoms with Gasteiger partial charge in [0.25, 0.3) is 0 Å². The summed E-state index contributed by atoms with van der Waals surface area (Å²) in [6.45, 7) is 5.68. The lowest BCUT2D eigenvalue weighted by Crippen LogP contribution is -2.44. The van der Waals surface area contributed by atoms with Crippen LogP contribution in [0, 0.1) is 17.2 Å². The largest absolute Gasteiger partial charge is 0.350 e. The molecule has 4 nitrogen and oxygen atoms in total. The monoisotopic (exact) mass is 231 g/mol. The third-order valence-corrected chi connectivity index (χ3v) is 2.16. The molecule has 1 heterocycles.